The van der Waals surface area contributed by atoms with E-state index in [1.165, 1.54) is 28.8 Å². The molecule has 0 atom stereocenters. The molecule has 162 valence electrons. The Morgan fingerprint density at radius 2 is 1.94 bits per heavy atom. The van der Waals surface area contributed by atoms with E-state index in [-0.39, 0.29) is 24.6 Å². The number of aromatic nitrogens is 2. The summed E-state index contributed by atoms with van der Waals surface area (Å²) in [5.41, 5.74) is -1.67. The number of aldehydes is 1. The standard InChI is InChI=1S/C21H21FN4O5/c22-14-3-1-12(2-4-14)9-23-18(30)16-17(29)19(31)26-10-13-5-7-21(8-6-13,20(26)24-16)25-15(28)11-27/h1-4,11,13,29H,5-10H2,(H,23,30)(H,25,28). The average Bonchev–Trinajstić information content (AvgIpc) is 3.01. The van der Waals surface area contributed by atoms with Crippen molar-refractivity contribution < 1.29 is 23.9 Å². The number of amides is 2. The summed E-state index contributed by atoms with van der Waals surface area (Å²) in [7, 11) is 0. The van der Waals surface area contributed by atoms with Gasteiger partial charge in [-0.1, -0.05) is 12.1 Å². The third-order valence-electron chi connectivity index (χ3n) is 6.02. The zero-order chi connectivity index (χ0) is 22.2. The van der Waals surface area contributed by atoms with Crippen molar-refractivity contribution in [3.63, 3.8) is 0 Å². The smallest absolute Gasteiger partial charge is 0.296 e. The quantitative estimate of drug-likeness (QED) is 0.476. The first kappa shape index (κ1) is 20.7. The van der Waals surface area contributed by atoms with Gasteiger partial charge in [0, 0.05) is 13.1 Å². The minimum Gasteiger partial charge on any atom is -0.501 e. The number of benzene rings is 1. The third-order valence-corrected chi connectivity index (χ3v) is 6.02. The predicted molar refractivity (Wildman–Crippen MR) is 106 cm³/mol. The normalized spacial score (nSPS) is 21.6. The Kier molecular flexibility index (Phi) is 5.30. The van der Waals surface area contributed by atoms with E-state index in [0.717, 1.165) is 0 Å². The number of halogens is 1. The Bertz CT molecular complexity index is 1100. The summed E-state index contributed by atoms with van der Waals surface area (Å²) in [5, 5.41) is 15.6. The fourth-order valence-electron chi connectivity index (χ4n) is 4.39. The predicted octanol–water partition coefficient (Wildman–Crippen LogP) is 0.732. The van der Waals surface area contributed by atoms with Crippen molar-refractivity contribution in [3.05, 3.63) is 57.5 Å². The molecule has 9 nitrogen and oxygen atoms in total. The van der Waals surface area contributed by atoms with Crippen LogP contribution in [0.3, 0.4) is 0 Å². The van der Waals surface area contributed by atoms with Gasteiger partial charge >= 0.3 is 0 Å². The van der Waals surface area contributed by atoms with Gasteiger partial charge in [0.1, 0.15) is 11.6 Å². The highest BCUT2D eigenvalue weighted by molar-refractivity contribution is 6.23. The monoisotopic (exact) mass is 428 g/mol. The van der Waals surface area contributed by atoms with Crippen LogP contribution in [0.25, 0.3) is 0 Å². The topological polar surface area (TPSA) is 130 Å². The summed E-state index contributed by atoms with van der Waals surface area (Å²) >= 11 is 0. The molecular formula is C21H21FN4O5. The van der Waals surface area contributed by atoms with E-state index in [1.54, 1.807) is 0 Å². The van der Waals surface area contributed by atoms with E-state index in [0.29, 0.717) is 37.8 Å². The summed E-state index contributed by atoms with van der Waals surface area (Å²) in [4.78, 5) is 52.8. The SMILES string of the molecule is O=CC(=O)NC12CCC(CC1)Cn1c2nc(C(=O)NCc2ccc(F)cc2)c(O)c1=O. The molecule has 0 radical (unpaired) electrons. The van der Waals surface area contributed by atoms with E-state index in [9.17, 15) is 28.7 Å². The number of carbonyl (C=O) groups is 3. The average molecular weight is 428 g/mol. The highest BCUT2D eigenvalue weighted by Gasteiger charge is 2.45. The van der Waals surface area contributed by atoms with Crippen LogP contribution in [0.15, 0.2) is 29.1 Å². The molecule has 1 aromatic heterocycles. The van der Waals surface area contributed by atoms with Crippen LogP contribution >= 0.6 is 0 Å². The maximum absolute atomic E-state index is 13.0. The van der Waals surface area contributed by atoms with Gasteiger partial charge in [-0.3, -0.25) is 23.7 Å². The van der Waals surface area contributed by atoms with Crippen LogP contribution < -0.4 is 16.2 Å². The van der Waals surface area contributed by atoms with Crippen LogP contribution in [0.4, 0.5) is 4.39 Å². The molecule has 0 unspecified atom stereocenters. The lowest BCUT2D eigenvalue weighted by Crippen LogP contribution is -2.50. The van der Waals surface area contributed by atoms with Gasteiger partial charge in [0.15, 0.2) is 5.69 Å². The molecule has 3 N–H and O–H groups in total. The molecule has 2 aromatic rings. The van der Waals surface area contributed by atoms with Crippen molar-refractivity contribution in [1.29, 1.82) is 0 Å². The van der Waals surface area contributed by atoms with Crippen LogP contribution in [0.1, 0.15) is 47.6 Å². The van der Waals surface area contributed by atoms with Gasteiger partial charge in [-0.15, -0.1) is 0 Å². The van der Waals surface area contributed by atoms with Gasteiger partial charge < -0.3 is 15.7 Å². The van der Waals surface area contributed by atoms with Crippen molar-refractivity contribution in [2.75, 3.05) is 0 Å². The molecule has 2 bridgehead atoms. The molecule has 0 spiro atoms. The van der Waals surface area contributed by atoms with E-state index in [4.69, 9.17) is 0 Å². The molecule has 1 aromatic carbocycles. The summed E-state index contributed by atoms with van der Waals surface area (Å²) < 4.78 is 14.3. The summed E-state index contributed by atoms with van der Waals surface area (Å²) in [6.45, 7) is 0.346. The molecule has 0 saturated heterocycles. The molecule has 2 amide bonds. The molecule has 10 heteroatoms. The van der Waals surface area contributed by atoms with E-state index in [2.05, 4.69) is 15.6 Å². The Labute approximate surface area is 176 Å². The lowest BCUT2D eigenvalue weighted by Gasteiger charge is -2.36. The van der Waals surface area contributed by atoms with Gasteiger partial charge in [0.05, 0.1) is 5.54 Å². The number of aromatic hydroxyl groups is 1. The summed E-state index contributed by atoms with van der Waals surface area (Å²) in [6.07, 6.45) is 2.49. The highest BCUT2D eigenvalue weighted by Crippen LogP contribution is 2.42. The Balaban J connectivity index is 1.71. The minimum absolute atomic E-state index is 0.0355. The maximum Gasteiger partial charge on any atom is 0.296 e. The summed E-state index contributed by atoms with van der Waals surface area (Å²) in [5.74, 6) is -2.48. The second-order valence-corrected chi connectivity index (χ2v) is 7.99. The van der Waals surface area contributed by atoms with Crippen molar-refractivity contribution >= 4 is 18.1 Å². The third kappa shape index (κ3) is 3.80. The van der Waals surface area contributed by atoms with Gasteiger partial charge in [0.2, 0.25) is 12.0 Å². The molecule has 5 rings (SSSR count). The van der Waals surface area contributed by atoms with Gasteiger partial charge in [0.25, 0.3) is 17.4 Å². The van der Waals surface area contributed by atoms with Crippen LogP contribution in [-0.4, -0.2) is 32.8 Å². The molecular weight excluding hydrogens is 407 g/mol. The number of carbonyl (C=O) groups excluding carboxylic acids is 3. The van der Waals surface area contributed by atoms with Crippen LogP contribution in [0.5, 0.6) is 5.75 Å². The van der Waals surface area contributed by atoms with Gasteiger partial charge in [-0.2, -0.15) is 0 Å². The second-order valence-electron chi connectivity index (χ2n) is 7.99. The van der Waals surface area contributed by atoms with Crippen LogP contribution in [0.2, 0.25) is 0 Å². The first-order chi connectivity index (χ1) is 14.8. The van der Waals surface area contributed by atoms with Gasteiger partial charge in [-0.05, 0) is 49.3 Å². The second kappa shape index (κ2) is 7.93. The number of nitrogens with zero attached hydrogens (tertiary/aromatic N) is 2. The van der Waals surface area contributed by atoms with E-state index >= 15 is 0 Å². The first-order valence-corrected chi connectivity index (χ1v) is 9.97. The number of fused-ring (bicyclic) bond motifs is 2. The molecule has 2 aliphatic heterocycles. The molecule has 3 aliphatic rings. The molecule has 1 saturated carbocycles. The zero-order valence-electron chi connectivity index (χ0n) is 16.6. The molecule has 31 heavy (non-hydrogen) atoms. The largest absolute Gasteiger partial charge is 0.501 e. The Hall–Kier alpha value is -3.56. The highest BCUT2D eigenvalue weighted by atomic mass is 19.1. The van der Waals surface area contributed by atoms with Crippen molar-refractivity contribution in [2.45, 2.75) is 44.3 Å². The zero-order valence-corrected chi connectivity index (χ0v) is 16.6. The fraction of sp³-hybridized carbons (Fsp3) is 0.381. The van der Waals surface area contributed by atoms with E-state index in [1.807, 2.05) is 0 Å². The van der Waals surface area contributed by atoms with Crippen molar-refractivity contribution in [2.24, 2.45) is 5.92 Å². The van der Waals surface area contributed by atoms with E-state index < -0.39 is 40.2 Å². The molecule has 1 aliphatic carbocycles. The first-order valence-electron chi connectivity index (χ1n) is 9.97. The minimum atomic E-state index is -1.07. The number of rotatable bonds is 5. The maximum atomic E-state index is 13.0. The lowest BCUT2D eigenvalue weighted by atomic mass is 9.77. The number of hydrogen-bond donors (Lipinski definition) is 3. The lowest BCUT2D eigenvalue weighted by molar-refractivity contribution is -0.133. The van der Waals surface area contributed by atoms with Gasteiger partial charge in [-0.25, -0.2) is 9.37 Å². The Morgan fingerprint density at radius 1 is 1.26 bits per heavy atom. The van der Waals surface area contributed by atoms with Crippen molar-refractivity contribution in [1.82, 2.24) is 20.2 Å². The fourth-order valence-corrected chi connectivity index (χ4v) is 4.39. The molecule has 3 heterocycles. The molecule has 1 fully saturated rings. The number of nitrogens with one attached hydrogen (secondary N) is 2. The number of hydrogen-bond acceptors (Lipinski definition) is 6. The Morgan fingerprint density at radius 3 is 2.58 bits per heavy atom. The summed E-state index contributed by atoms with van der Waals surface area (Å²) in [6, 6.07) is 5.50. The van der Waals surface area contributed by atoms with Crippen molar-refractivity contribution in [3.8, 4) is 5.75 Å². The van der Waals surface area contributed by atoms with Crippen LogP contribution in [0, 0.1) is 11.7 Å². The van der Waals surface area contributed by atoms with Crippen LogP contribution in [-0.2, 0) is 28.2 Å².